The first kappa shape index (κ1) is 12.7. The summed E-state index contributed by atoms with van der Waals surface area (Å²) in [6.45, 7) is 6.79. The standard InChI is InChI=1S/C15H24O2/c1-9(2)11-6-5-10(3)12-7-8-13(14(11)12)15(16)17-4/h5,9,11-14H,6-8H2,1-4H3/t11-,12-,13?,14-/m1/s1. The van der Waals surface area contributed by atoms with Gasteiger partial charge < -0.3 is 4.74 Å². The Morgan fingerprint density at radius 2 is 2.12 bits per heavy atom. The Balaban J connectivity index is 2.26. The lowest BCUT2D eigenvalue weighted by Gasteiger charge is -2.38. The minimum absolute atomic E-state index is 0.0119. The fourth-order valence-corrected chi connectivity index (χ4v) is 3.93. The summed E-state index contributed by atoms with van der Waals surface area (Å²) in [6.07, 6.45) is 5.70. The molecule has 0 heterocycles. The fourth-order valence-electron chi connectivity index (χ4n) is 3.93. The Morgan fingerprint density at radius 1 is 1.41 bits per heavy atom. The zero-order chi connectivity index (χ0) is 12.6. The van der Waals surface area contributed by atoms with Gasteiger partial charge in [-0.2, -0.15) is 0 Å². The van der Waals surface area contributed by atoms with Gasteiger partial charge in [0.2, 0.25) is 0 Å². The Morgan fingerprint density at radius 3 is 2.71 bits per heavy atom. The molecule has 2 nitrogen and oxygen atoms in total. The van der Waals surface area contributed by atoms with Crippen LogP contribution >= 0.6 is 0 Å². The third-order valence-electron chi connectivity index (χ3n) is 4.87. The SMILES string of the molecule is COC(=O)C1CC[C@@H]2C(C)=CC[C@H](C(C)C)[C@@H]12. The maximum absolute atomic E-state index is 11.9. The molecular weight excluding hydrogens is 212 g/mol. The van der Waals surface area contributed by atoms with Gasteiger partial charge in [-0.05, 0) is 49.9 Å². The van der Waals surface area contributed by atoms with E-state index in [-0.39, 0.29) is 11.9 Å². The van der Waals surface area contributed by atoms with E-state index >= 15 is 0 Å². The molecule has 0 bridgehead atoms. The molecule has 1 saturated carbocycles. The van der Waals surface area contributed by atoms with Gasteiger partial charge in [-0.25, -0.2) is 0 Å². The highest BCUT2D eigenvalue weighted by molar-refractivity contribution is 5.73. The summed E-state index contributed by atoms with van der Waals surface area (Å²) in [5.74, 6) is 2.60. The Hall–Kier alpha value is -0.790. The van der Waals surface area contributed by atoms with Gasteiger partial charge >= 0.3 is 5.97 Å². The number of methoxy groups -OCH3 is 1. The van der Waals surface area contributed by atoms with E-state index < -0.39 is 0 Å². The van der Waals surface area contributed by atoms with Crippen molar-refractivity contribution in [3.8, 4) is 0 Å². The maximum Gasteiger partial charge on any atom is 0.308 e. The van der Waals surface area contributed by atoms with Gasteiger partial charge in [0.25, 0.3) is 0 Å². The van der Waals surface area contributed by atoms with E-state index in [0.29, 0.717) is 23.7 Å². The monoisotopic (exact) mass is 236 g/mol. The van der Waals surface area contributed by atoms with E-state index in [0.717, 1.165) is 19.3 Å². The van der Waals surface area contributed by atoms with Crippen LogP contribution in [0.5, 0.6) is 0 Å². The summed E-state index contributed by atoms with van der Waals surface area (Å²) in [4.78, 5) is 11.9. The number of allylic oxidation sites excluding steroid dienone is 2. The molecule has 2 aliphatic carbocycles. The summed E-state index contributed by atoms with van der Waals surface area (Å²) in [5.41, 5.74) is 1.50. The van der Waals surface area contributed by atoms with Crippen molar-refractivity contribution in [3.63, 3.8) is 0 Å². The third kappa shape index (κ3) is 2.14. The van der Waals surface area contributed by atoms with Crippen molar-refractivity contribution in [2.75, 3.05) is 7.11 Å². The zero-order valence-electron chi connectivity index (χ0n) is 11.4. The zero-order valence-corrected chi connectivity index (χ0v) is 11.4. The van der Waals surface area contributed by atoms with Crippen LogP contribution in [0, 0.1) is 29.6 Å². The van der Waals surface area contributed by atoms with Crippen LogP contribution in [0.3, 0.4) is 0 Å². The van der Waals surface area contributed by atoms with Gasteiger partial charge in [-0.15, -0.1) is 0 Å². The second-order valence-corrected chi connectivity index (χ2v) is 5.98. The molecule has 0 aromatic carbocycles. The van der Waals surface area contributed by atoms with Gasteiger partial charge in [0.1, 0.15) is 0 Å². The van der Waals surface area contributed by atoms with E-state index in [1.165, 1.54) is 12.7 Å². The van der Waals surface area contributed by atoms with E-state index in [1.807, 2.05) is 0 Å². The highest BCUT2D eigenvalue weighted by Gasteiger charge is 2.47. The summed E-state index contributed by atoms with van der Waals surface area (Å²) in [6, 6.07) is 0. The topological polar surface area (TPSA) is 26.3 Å². The van der Waals surface area contributed by atoms with Crippen molar-refractivity contribution in [1.29, 1.82) is 0 Å². The second kappa shape index (κ2) is 4.83. The first-order valence-corrected chi connectivity index (χ1v) is 6.80. The Kier molecular flexibility index (Phi) is 3.60. The predicted molar refractivity (Wildman–Crippen MR) is 68.4 cm³/mol. The highest BCUT2D eigenvalue weighted by Crippen LogP contribution is 2.51. The largest absolute Gasteiger partial charge is 0.469 e. The van der Waals surface area contributed by atoms with Crippen LogP contribution in [-0.4, -0.2) is 13.1 Å². The van der Waals surface area contributed by atoms with Gasteiger partial charge in [0, 0.05) is 0 Å². The normalized spacial score (nSPS) is 36.6. The third-order valence-corrected chi connectivity index (χ3v) is 4.87. The molecule has 0 amide bonds. The molecule has 0 aliphatic heterocycles. The summed E-state index contributed by atoms with van der Waals surface area (Å²) >= 11 is 0. The molecule has 2 heteroatoms. The van der Waals surface area contributed by atoms with Gasteiger partial charge in [-0.1, -0.05) is 25.5 Å². The minimum Gasteiger partial charge on any atom is -0.469 e. The van der Waals surface area contributed by atoms with Crippen LogP contribution in [0.4, 0.5) is 0 Å². The molecule has 0 N–H and O–H groups in total. The molecule has 96 valence electrons. The molecule has 0 aromatic heterocycles. The van der Waals surface area contributed by atoms with E-state index in [9.17, 15) is 4.79 Å². The van der Waals surface area contributed by atoms with Crippen LogP contribution in [0.1, 0.15) is 40.0 Å². The van der Waals surface area contributed by atoms with E-state index in [2.05, 4.69) is 26.8 Å². The number of fused-ring (bicyclic) bond motifs is 1. The van der Waals surface area contributed by atoms with Crippen LogP contribution in [0.15, 0.2) is 11.6 Å². The fraction of sp³-hybridized carbons (Fsp3) is 0.800. The number of hydrogen-bond donors (Lipinski definition) is 0. The first-order valence-electron chi connectivity index (χ1n) is 6.80. The molecule has 2 rings (SSSR count). The van der Waals surface area contributed by atoms with E-state index in [1.54, 1.807) is 0 Å². The second-order valence-electron chi connectivity index (χ2n) is 5.98. The van der Waals surface area contributed by atoms with Gasteiger partial charge in [0.05, 0.1) is 13.0 Å². The number of carbonyl (C=O) groups is 1. The average molecular weight is 236 g/mol. The maximum atomic E-state index is 11.9. The van der Waals surface area contributed by atoms with Gasteiger partial charge in [0.15, 0.2) is 0 Å². The molecule has 0 saturated heterocycles. The van der Waals surface area contributed by atoms with Crippen molar-refractivity contribution in [2.45, 2.75) is 40.0 Å². The molecule has 2 aliphatic rings. The van der Waals surface area contributed by atoms with Crippen molar-refractivity contribution >= 4 is 5.97 Å². The number of carbonyl (C=O) groups excluding carboxylic acids is 1. The van der Waals surface area contributed by atoms with Crippen molar-refractivity contribution in [2.24, 2.45) is 29.6 Å². The Labute approximate surface area is 104 Å². The van der Waals surface area contributed by atoms with Crippen molar-refractivity contribution < 1.29 is 9.53 Å². The molecular formula is C15H24O2. The lowest BCUT2D eigenvalue weighted by Crippen LogP contribution is -2.35. The smallest absolute Gasteiger partial charge is 0.308 e. The van der Waals surface area contributed by atoms with Crippen LogP contribution in [0.2, 0.25) is 0 Å². The predicted octanol–water partition coefficient (Wildman–Crippen LogP) is 3.42. The molecule has 1 fully saturated rings. The molecule has 4 atom stereocenters. The summed E-state index contributed by atoms with van der Waals surface area (Å²) in [7, 11) is 1.52. The highest BCUT2D eigenvalue weighted by atomic mass is 16.5. The number of rotatable bonds is 2. The Bertz CT molecular complexity index is 330. The number of hydrogen-bond acceptors (Lipinski definition) is 2. The average Bonchev–Trinajstić information content (AvgIpc) is 2.73. The van der Waals surface area contributed by atoms with Crippen molar-refractivity contribution in [3.05, 3.63) is 11.6 Å². The molecule has 0 aromatic rings. The lowest BCUT2D eigenvalue weighted by molar-refractivity contribution is -0.148. The molecule has 1 unspecified atom stereocenters. The molecule has 17 heavy (non-hydrogen) atoms. The summed E-state index contributed by atoms with van der Waals surface area (Å²) < 4.78 is 4.99. The summed E-state index contributed by atoms with van der Waals surface area (Å²) in [5, 5.41) is 0. The molecule has 0 spiro atoms. The lowest BCUT2D eigenvalue weighted by atomic mass is 9.67. The number of esters is 1. The number of ether oxygens (including phenoxy) is 1. The van der Waals surface area contributed by atoms with Crippen LogP contribution < -0.4 is 0 Å². The quantitative estimate of drug-likeness (QED) is 0.542. The molecule has 0 radical (unpaired) electrons. The van der Waals surface area contributed by atoms with Crippen molar-refractivity contribution in [1.82, 2.24) is 0 Å². The first-order chi connectivity index (χ1) is 8.06. The van der Waals surface area contributed by atoms with Gasteiger partial charge in [-0.3, -0.25) is 4.79 Å². The van der Waals surface area contributed by atoms with Crippen LogP contribution in [0.25, 0.3) is 0 Å². The van der Waals surface area contributed by atoms with Crippen LogP contribution in [-0.2, 0) is 9.53 Å². The van der Waals surface area contributed by atoms with E-state index in [4.69, 9.17) is 4.74 Å². The minimum atomic E-state index is 0.0119.